The van der Waals surface area contributed by atoms with E-state index in [1.807, 2.05) is 0 Å². The zero-order chi connectivity index (χ0) is 23.1. The van der Waals surface area contributed by atoms with E-state index in [1.165, 1.54) is 6.07 Å². The van der Waals surface area contributed by atoms with Gasteiger partial charge in [-0.15, -0.1) is 0 Å². The first kappa shape index (κ1) is 22.3. The maximum absolute atomic E-state index is 14.9. The molecule has 2 heterocycles. The van der Waals surface area contributed by atoms with Crippen molar-refractivity contribution in [2.75, 3.05) is 0 Å². The van der Waals surface area contributed by atoms with E-state index in [0.717, 1.165) is 12.1 Å². The van der Waals surface area contributed by atoms with Gasteiger partial charge in [-0.05, 0) is 25.0 Å². The van der Waals surface area contributed by atoms with E-state index < -0.39 is 65.4 Å². The average Bonchev–Trinajstić information content (AvgIpc) is 3.02. The number of aliphatic imine (C=N–C) groups is 1. The van der Waals surface area contributed by atoms with Crippen molar-refractivity contribution in [3.05, 3.63) is 40.5 Å². The molecule has 1 aromatic heterocycles. The Bertz CT molecular complexity index is 1170. The van der Waals surface area contributed by atoms with Crippen LogP contribution in [-0.4, -0.2) is 28.3 Å². The topological polar surface area (TPSA) is 88.6 Å². The lowest BCUT2D eigenvalue weighted by molar-refractivity contribution is -0.134. The van der Waals surface area contributed by atoms with Gasteiger partial charge in [0.05, 0.1) is 28.9 Å². The summed E-state index contributed by atoms with van der Waals surface area (Å²) in [6, 6.07) is 5.03. The molecule has 1 aliphatic rings. The molecule has 0 aliphatic carbocycles. The van der Waals surface area contributed by atoms with Crippen LogP contribution < -0.4 is 0 Å². The van der Waals surface area contributed by atoms with Crippen LogP contribution in [0.15, 0.2) is 28.4 Å². The highest BCUT2D eigenvalue weighted by molar-refractivity contribution is 5.97. The fourth-order valence-electron chi connectivity index (χ4n) is 3.49. The lowest BCUT2D eigenvalue weighted by atomic mass is 9.75. The van der Waals surface area contributed by atoms with Crippen LogP contribution in [0.1, 0.15) is 30.0 Å². The summed E-state index contributed by atoms with van der Waals surface area (Å²) < 4.78 is 93.7. The molecule has 1 aromatic carbocycles. The zero-order valence-corrected chi connectivity index (χ0v) is 15.7. The molecule has 162 valence electrons. The molecule has 0 amide bonds. The number of rotatable bonds is 3. The quantitative estimate of drug-likeness (QED) is 0.647. The highest BCUT2D eigenvalue weighted by Gasteiger charge is 2.49. The van der Waals surface area contributed by atoms with Gasteiger partial charge in [0.25, 0.3) is 0 Å². The second-order valence-electron chi connectivity index (χ2n) is 6.91. The minimum atomic E-state index is -5.17. The van der Waals surface area contributed by atoms with Crippen LogP contribution in [0.2, 0.25) is 0 Å². The Morgan fingerprint density at radius 1 is 1.13 bits per heavy atom. The molecule has 0 radical (unpaired) electrons. The molecule has 0 spiro atoms. The van der Waals surface area contributed by atoms with E-state index in [-0.39, 0.29) is 5.52 Å². The number of nitriles is 2. The lowest BCUT2D eigenvalue weighted by Crippen LogP contribution is -2.37. The van der Waals surface area contributed by atoms with Crippen LogP contribution in [0.4, 0.5) is 30.7 Å². The Labute approximate surface area is 170 Å². The van der Waals surface area contributed by atoms with Crippen molar-refractivity contribution >= 4 is 16.6 Å². The fraction of sp³-hybridized carbons (Fsp3) is 0.368. The van der Waals surface area contributed by atoms with E-state index in [2.05, 4.69) is 15.2 Å². The summed E-state index contributed by atoms with van der Waals surface area (Å²) in [7, 11) is 0. The van der Waals surface area contributed by atoms with Crippen LogP contribution in [0, 0.1) is 41.3 Å². The van der Waals surface area contributed by atoms with Gasteiger partial charge in [0.2, 0.25) is 0 Å². The van der Waals surface area contributed by atoms with Gasteiger partial charge in [0.1, 0.15) is 17.4 Å². The maximum atomic E-state index is 14.9. The van der Waals surface area contributed by atoms with Gasteiger partial charge in [-0.1, -0.05) is 0 Å². The van der Waals surface area contributed by atoms with Gasteiger partial charge < -0.3 is 0 Å². The molecule has 1 N–H and O–H groups in total. The number of hydrogen-bond acceptors (Lipinski definition) is 4. The largest absolute Gasteiger partial charge is 0.430 e. The van der Waals surface area contributed by atoms with E-state index in [0.29, 0.717) is 11.1 Å². The smallest absolute Gasteiger partial charge is 0.282 e. The van der Waals surface area contributed by atoms with Crippen molar-refractivity contribution in [1.82, 2.24) is 10.2 Å². The summed E-state index contributed by atoms with van der Waals surface area (Å²) in [4.78, 5) is 3.22. The zero-order valence-electron chi connectivity index (χ0n) is 15.7. The van der Waals surface area contributed by atoms with E-state index in [1.54, 1.807) is 13.0 Å². The standard InChI is InChI=1S/C19H12F7N5/c1-8-9-4-10(13(20)5-15(9)31-30-8)16-11(6-27)14(2-3-18(21,22)23)29-17(12(16)7-28)19(24,25)26/h4-5,12,16H,2-3H2,1H3,(H,30,31). The fourth-order valence-corrected chi connectivity index (χ4v) is 3.49. The van der Waals surface area contributed by atoms with Gasteiger partial charge in [0.15, 0.2) is 0 Å². The van der Waals surface area contributed by atoms with Crippen molar-refractivity contribution in [1.29, 1.82) is 10.5 Å². The Balaban J connectivity index is 2.27. The molecule has 0 bridgehead atoms. The number of aromatic amines is 1. The number of aromatic nitrogens is 2. The Morgan fingerprint density at radius 2 is 1.81 bits per heavy atom. The van der Waals surface area contributed by atoms with Crippen LogP contribution in [-0.2, 0) is 0 Å². The van der Waals surface area contributed by atoms with E-state index in [4.69, 9.17) is 0 Å². The molecule has 12 heteroatoms. The highest BCUT2D eigenvalue weighted by atomic mass is 19.4. The number of H-pyrrole nitrogens is 1. The molecule has 1 aliphatic heterocycles. The van der Waals surface area contributed by atoms with Gasteiger partial charge in [-0.25, -0.2) is 4.39 Å². The Kier molecular flexibility index (Phi) is 5.53. The molecule has 3 rings (SSSR count). The van der Waals surface area contributed by atoms with Crippen molar-refractivity contribution in [3.8, 4) is 12.1 Å². The minimum Gasteiger partial charge on any atom is -0.282 e. The third-order valence-electron chi connectivity index (χ3n) is 4.90. The van der Waals surface area contributed by atoms with Crippen LogP contribution in [0.25, 0.3) is 10.9 Å². The van der Waals surface area contributed by atoms with Gasteiger partial charge in [-0.3, -0.25) is 10.1 Å². The number of fused-ring (bicyclic) bond motifs is 1. The molecule has 2 atom stereocenters. The molecule has 0 fully saturated rings. The second kappa shape index (κ2) is 7.69. The van der Waals surface area contributed by atoms with Gasteiger partial charge in [-0.2, -0.15) is 42.0 Å². The summed E-state index contributed by atoms with van der Waals surface area (Å²) >= 11 is 0. The number of allylic oxidation sites excluding steroid dienone is 2. The third-order valence-corrected chi connectivity index (χ3v) is 4.90. The molecule has 0 saturated carbocycles. The van der Waals surface area contributed by atoms with Crippen molar-refractivity contribution < 1.29 is 30.7 Å². The third kappa shape index (κ3) is 4.24. The highest BCUT2D eigenvalue weighted by Crippen LogP contribution is 2.45. The molecule has 31 heavy (non-hydrogen) atoms. The number of halogens is 7. The monoisotopic (exact) mass is 443 g/mol. The molecule has 5 nitrogen and oxygen atoms in total. The molecular formula is C19H12F7N5. The summed E-state index contributed by atoms with van der Waals surface area (Å²) in [6.45, 7) is 1.57. The molecule has 2 unspecified atom stereocenters. The lowest BCUT2D eigenvalue weighted by Gasteiger charge is -2.30. The average molecular weight is 443 g/mol. The Morgan fingerprint density at radius 3 is 2.35 bits per heavy atom. The van der Waals surface area contributed by atoms with Crippen LogP contribution in [0.3, 0.4) is 0 Å². The first-order valence-corrected chi connectivity index (χ1v) is 8.76. The maximum Gasteiger partial charge on any atom is 0.430 e. The van der Waals surface area contributed by atoms with E-state index >= 15 is 0 Å². The van der Waals surface area contributed by atoms with Crippen LogP contribution >= 0.6 is 0 Å². The van der Waals surface area contributed by atoms with Crippen molar-refractivity contribution in [3.63, 3.8) is 0 Å². The number of alkyl halides is 6. The first-order chi connectivity index (χ1) is 14.4. The predicted molar refractivity (Wildman–Crippen MR) is 94.1 cm³/mol. The Hall–Kier alpha value is -3.41. The number of benzene rings is 1. The normalized spacial score (nSPS) is 19.9. The summed E-state index contributed by atoms with van der Waals surface area (Å²) in [5.74, 6) is -4.95. The number of nitrogens with zero attached hydrogens (tertiary/aromatic N) is 4. The first-order valence-electron chi connectivity index (χ1n) is 8.76. The minimum absolute atomic E-state index is 0.160. The van der Waals surface area contributed by atoms with E-state index in [9.17, 15) is 41.3 Å². The van der Waals surface area contributed by atoms with Crippen LogP contribution in [0.5, 0.6) is 0 Å². The number of aryl methyl sites for hydroxylation is 1. The van der Waals surface area contributed by atoms with Crippen molar-refractivity contribution in [2.45, 2.75) is 38.0 Å². The molecular weight excluding hydrogens is 431 g/mol. The predicted octanol–water partition coefficient (Wildman–Crippen LogP) is 5.37. The molecule has 0 saturated heterocycles. The summed E-state index contributed by atoms with van der Waals surface area (Å²) in [5, 5.41) is 25.7. The van der Waals surface area contributed by atoms with Gasteiger partial charge in [0, 0.05) is 29.5 Å². The summed E-state index contributed by atoms with van der Waals surface area (Å²) in [5.41, 5.74) is -2.87. The molecule has 2 aromatic rings. The number of nitrogens with one attached hydrogen (secondary N) is 1. The second-order valence-corrected chi connectivity index (χ2v) is 6.91. The SMILES string of the molecule is Cc1[nH]nc2cc(F)c(C3C(C#N)=C(CCC(F)(F)F)N=C(C(F)(F)F)C3C#N)cc12. The van der Waals surface area contributed by atoms with Crippen molar-refractivity contribution in [2.24, 2.45) is 10.9 Å². The summed E-state index contributed by atoms with van der Waals surface area (Å²) in [6.07, 6.45) is -12.4. The van der Waals surface area contributed by atoms with Gasteiger partial charge >= 0.3 is 12.4 Å². The number of hydrogen-bond donors (Lipinski definition) is 1.